The van der Waals surface area contributed by atoms with Gasteiger partial charge in [0.1, 0.15) is 5.75 Å². The molecule has 0 saturated heterocycles. The van der Waals surface area contributed by atoms with Crippen LogP contribution in [0.2, 0.25) is 0 Å². The quantitative estimate of drug-likeness (QED) is 0.668. The van der Waals surface area contributed by atoms with E-state index >= 15 is 0 Å². The fourth-order valence-corrected chi connectivity index (χ4v) is 2.15. The van der Waals surface area contributed by atoms with Gasteiger partial charge in [-0.15, -0.1) is 0 Å². The highest BCUT2D eigenvalue weighted by Gasteiger charge is 2.30. The fourth-order valence-electron chi connectivity index (χ4n) is 2.15. The predicted molar refractivity (Wildman–Crippen MR) is 82.8 cm³/mol. The van der Waals surface area contributed by atoms with Crippen molar-refractivity contribution >= 4 is 5.91 Å². The van der Waals surface area contributed by atoms with Gasteiger partial charge in [-0.3, -0.25) is 14.3 Å². The van der Waals surface area contributed by atoms with Gasteiger partial charge in [-0.2, -0.15) is 0 Å². The normalized spacial score (nSPS) is 10.4. The number of hydrogen-bond donors (Lipinski definition) is 2. The van der Waals surface area contributed by atoms with Gasteiger partial charge in [0.05, 0.1) is 7.11 Å². The molecule has 0 fully saturated rings. The maximum Gasteiger partial charge on any atom is 0.441 e. The molecule has 0 aliphatic heterocycles. The van der Waals surface area contributed by atoms with E-state index < -0.39 is 11.5 Å². The molecule has 0 unspecified atom stereocenters. The molecule has 2 aromatic heterocycles. The Kier molecular flexibility index (Phi) is 4.37. The lowest BCUT2D eigenvalue weighted by atomic mass is 10.2. The summed E-state index contributed by atoms with van der Waals surface area (Å²) in [6.07, 6.45) is 3.28. The van der Waals surface area contributed by atoms with Gasteiger partial charge >= 0.3 is 17.2 Å². The summed E-state index contributed by atoms with van der Waals surface area (Å²) >= 11 is 0. The van der Waals surface area contributed by atoms with Crippen molar-refractivity contribution < 1.29 is 18.7 Å². The van der Waals surface area contributed by atoms with Gasteiger partial charge in [0, 0.05) is 31.1 Å². The average molecular weight is 327 g/mol. The number of ether oxygens (including phenoxy) is 1. The highest BCUT2D eigenvalue weighted by molar-refractivity contribution is 5.90. The van der Waals surface area contributed by atoms with E-state index in [1.807, 2.05) is 6.07 Å². The minimum Gasteiger partial charge on any atom is -0.497 e. The van der Waals surface area contributed by atoms with Crippen LogP contribution in [0.1, 0.15) is 16.1 Å². The van der Waals surface area contributed by atoms with Crippen molar-refractivity contribution in [2.45, 2.75) is 6.54 Å². The summed E-state index contributed by atoms with van der Waals surface area (Å²) in [5.74, 6) is 0.109. The lowest BCUT2D eigenvalue weighted by Gasteiger charge is -2.01. The molecular formula is C16H15N4O4+. The van der Waals surface area contributed by atoms with Crippen LogP contribution < -0.4 is 20.4 Å². The average Bonchev–Trinajstić information content (AvgIpc) is 3.02. The van der Waals surface area contributed by atoms with Crippen LogP contribution in [0.5, 0.6) is 5.75 Å². The first kappa shape index (κ1) is 15.5. The van der Waals surface area contributed by atoms with Crippen LogP contribution in [-0.4, -0.2) is 23.3 Å². The standard InChI is InChI=1S/C16H14N4O4/c1-23-13-6-4-12(5-7-13)20-14(16(22)24-19-20)15(21)18-10-11-3-2-8-17-9-11/h2-9H,10H2,1H3,(H-,18,19,21,22)/p+1. The molecule has 2 heterocycles. The summed E-state index contributed by atoms with van der Waals surface area (Å²) in [6, 6.07) is 10.4. The van der Waals surface area contributed by atoms with E-state index in [9.17, 15) is 9.59 Å². The van der Waals surface area contributed by atoms with Crippen molar-refractivity contribution in [2.24, 2.45) is 0 Å². The Hall–Kier alpha value is -3.42. The van der Waals surface area contributed by atoms with Gasteiger partial charge in [-0.25, -0.2) is 4.79 Å². The number of amides is 1. The number of H-pyrrole nitrogens is 1. The fraction of sp³-hybridized carbons (Fsp3) is 0.125. The van der Waals surface area contributed by atoms with Crippen molar-refractivity contribution in [3.05, 3.63) is 70.5 Å². The highest BCUT2D eigenvalue weighted by atomic mass is 16.5. The van der Waals surface area contributed by atoms with Crippen molar-refractivity contribution in [2.75, 3.05) is 7.11 Å². The van der Waals surface area contributed by atoms with E-state index in [4.69, 9.17) is 9.26 Å². The van der Waals surface area contributed by atoms with E-state index in [0.717, 1.165) is 5.56 Å². The molecule has 0 saturated carbocycles. The van der Waals surface area contributed by atoms with Crippen LogP contribution >= 0.6 is 0 Å². The summed E-state index contributed by atoms with van der Waals surface area (Å²) < 4.78 is 11.1. The molecule has 0 atom stereocenters. The summed E-state index contributed by atoms with van der Waals surface area (Å²) in [6.45, 7) is 0.250. The molecule has 0 bridgehead atoms. The number of aromatic amines is 1. The summed E-state index contributed by atoms with van der Waals surface area (Å²) in [4.78, 5) is 28.2. The minimum absolute atomic E-state index is 0.149. The molecule has 3 rings (SSSR count). The Balaban J connectivity index is 1.83. The van der Waals surface area contributed by atoms with Crippen LogP contribution in [0.25, 0.3) is 5.69 Å². The Bertz CT molecular complexity index is 884. The molecule has 8 heteroatoms. The first-order chi connectivity index (χ1) is 11.7. The molecule has 2 N–H and O–H groups in total. The van der Waals surface area contributed by atoms with E-state index in [0.29, 0.717) is 11.4 Å². The van der Waals surface area contributed by atoms with Crippen molar-refractivity contribution in [1.29, 1.82) is 0 Å². The predicted octanol–water partition coefficient (Wildman–Crippen LogP) is 0.578. The summed E-state index contributed by atoms with van der Waals surface area (Å²) in [5, 5.41) is 5.09. The van der Waals surface area contributed by atoms with E-state index in [1.54, 1.807) is 49.8 Å². The lowest BCUT2D eigenvalue weighted by molar-refractivity contribution is -0.672. The highest BCUT2D eigenvalue weighted by Crippen LogP contribution is 2.11. The Morgan fingerprint density at radius 3 is 2.79 bits per heavy atom. The van der Waals surface area contributed by atoms with E-state index in [-0.39, 0.29) is 12.2 Å². The van der Waals surface area contributed by atoms with Crippen molar-refractivity contribution in [1.82, 2.24) is 15.6 Å². The van der Waals surface area contributed by atoms with Gasteiger partial charge in [-0.1, -0.05) is 6.07 Å². The number of methoxy groups -OCH3 is 1. The second-order valence-corrected chi connectivity index (χ2v) is 4.91. The summed E-state index contributed by atoms with van der Waals surface area (Å²) in [7, 11) is 1.55. The van der Waals surface area contributed by atoms with Gasteiger partial charge in [-0.05, 0) is 33.7 Å². The second-order valence-electron chi connectivity index (χ2n) is 4.91. The largest absolute Gasteiger partial charge is 0.497 e. The first-order valence-corrected chi connectivity index (χ1v) is 7.14. The second kappa shape index (κ2) is 6.78. The zero-order valence-electron chi connectivity index (χ0n) is 12.9. The third kappa shape index (κ3) is 3.17. The Labute approximate surface area is 136 Å². The molecule has 1 amide bonds. The zero-order valence-corrected chi connectivity index (χ0v) is 12.9. The van der Waals surface area contributed by atoms with Gasteiger partial charge in [0.2, 0.25) is 5.69 Å². The third-order valence-corrected chi connectivity index (χ3v) is 3.37. The molecule has 8 nitrogen and oxygen atoms in total. The van der Waals surface area contributed by atoms with Crippen LogP contribution in [-0.2, 0) is 6.54 Å². The molecule has 0 aliphatic carbocycles. The number of pyridine rings is 1. The number of nitrogens with zero attached hydrogens (tertiary/aromatic N) is 2. The molecule has 24 heavy (non-hydrogen) atoms. The number of rotatable bonds is 5. The number of nitrogens with one attached hydrogen (secondary N) is 2. The number of benzene rings is 1. The molecule has 0 radical (unpaired) electrons. The lowest BCUT2D eigenvalue weighted by Crippen LogP contribution is -2.44. The summed E-state index contributed by atoms with van der Waals surface area (Å²) in [5.41, 5.74) is 0.480. The van der Waals surface area contributed by atoms with Crippen LogP contribution in [0.4, 0.5) is 0 Å². The number of aromatic nitrogens is 3. The SMILES string of the molecule is COc1ccc(-[n+]2[nH]oc(=O)c2C(=O)NCc2cccnc2)cc1. The van der Waals surface area contributed by atoms with Crippen LogP contribution in [0, 0.1) is 0 Å². The maximum absolute atomic E-state index is 12.4. The molecule has 0 aliphatic rings. The Morgan fingerprint density at radius 1 is 1.33 bits per heavy atom. The smallest absolute Gasteiger partial charge is 0.441 e. The molecule has 0 spiro atoms. The van der Waals surface area contributed by atoms with Gasteiger partial charge in [0.15, 0.2) is 0 Å². The molecule has 122 valence electrons. The third-order valence-electron chi connectivity index (χ3n) is 3.37. The van der Waals surface area contributed by atoms with Crippen LogP contribution in [0.15, 0.2) is 58.1 Å². The first-order valence-electron chi connectivity index (χ1n) is 7.14. The number of hydrogen-bond acceptors (Lipinski definition) is 5. The Morgan fingerprint density at radius 2 is 2.12 bits per heavy atom. The topological polar surface area (TPSA) is 101 Å². The van der Waals surface area contributed by atoms with Gasteiger partial charge in [0.25, 0.3) is 0 Å². The minimum atomic E-state index is -0.755. The zero-order chi connectivity index (χ0) is 16.9. The van der Waals surface area contributed by atoms with E-state index in [2.05, 4.69) is 15.6 Å². The van der Waals surface area contributed by atoms with Gasteiger partial charge < -0.3 is 10.1 Å². The molecule has 3 aromatic rings. The molecular weight excluding hydrogens is 312 g/mol. The number of carbonyl (C=O) groups excluding carboxylic acids is 1. The van der Waals surface area contributed by atoms with Crippen molar-refractivity contribution in [3.8, 4) is 11.4 Å². The monoisotopic (exact) mass is 327 g/mol. The van der Waals surface area contributed by atoms with Crippen LogP contribution in [0.3, 0.4) is 0 Å². The number of carbonyl (C=O) groups is 1. The molecule has 1 aromatic carbocycles. The maximum atomic E-state index is 12.4. The van der Waals surface area contributed by atoms with E-state index in [1.165, 1.54) is 4.68 Å². The van der Waals surface area contributed by atoms with Crippen molar-refractivity contribution in [3.63, 3.8) is 0 Å².